The molecule has 2 aromatic rings. The normalized spacial score (nSPS) is 10.3. The van der Waals surface area contributed by atoms with Crippen molar-refractivity contribution in [1.29, 1.82) is 0 Å². The maximum atomic E-state index is 11.3. The van der Waals surface area contributed by atoms with E-state index in [1.165, 1.54) is 29.6 Å². The fourth-order valence-electron chi connectivity index (χ4n) is 1.58. The van der Waals surface area contributed by atoms with Gasteiger partial charge in [0, 0.05) is 10.9 Å². The van der Waals surface area contributed by atoms with Crippen molar-refractivity contribution in [3.63, 3.8) is 0 Å². The van der Waals surface area contributed by atoms with Crippen molar-refractivity contribution in [3.05, 3.63) is 40.4 Å². The SMILES string of the molecule is COC(=O)c1csc(-c2cccc(C)c2C)n1. The quantitative estimate of drug-likeness (QED) is 0.765. The van der Waals surface area contributed by atoms with Gasteiger partial charge in [0.2, 0.25) is 0 Å². The Morgan fingerprint density at radius 2 is 2.12 bits per heavy atom. The Bertz CT molecular complexity index is 560. The van der Waals surface area contributed by atoms with E-state index in [2.05, 4.69) is 29.6 Å². The molecule has 0 saturated carbocycles. The van der Waals surface area contributed by atoms with Crippen molar-refractivity contribution in [2.24, 2.45) is 0 Å². The molecule has 0 saturated heterocycles. The van der Waals surface area contributed by atoms with Crippen LogP contribution in [0.25, 0.3) is 10.6 Å². The average Bonchev–Trinajstić information content (AvgIpc) is 2.81. The number of carbonyl (C=O) groups excluding carboxylic acids is 1. The maximum Gasteiger partial charge on any atom is 0.357 e. The topological polar surface area (TPSA) is 39.2 Å². The van der Waals surface area contributed by atoms with Gasteiger partial charge in [-0.05, 0) is 25.0 Å². The van der Waals surface area contributed by atoms with Gasteiger partial charge in [0.15, 0.2) is 5.69 Å². The highest BCUT2D eigenvalue weighted by atomic mass is 32.1. The minimum absolute atomic E-state index is 0.369. The molecule has 0 aliphatic carbocycles. The number of ether oxygens (including phenoxy) is 1. The maximum absolute atomic E-state index is 11.3. The van der Waals surface area contributed by atoms with Crippen molar-refractivity contribution in [2.45, 2.75) is 13.8 Å². The lowest BCUT2D eigenvalue weighted by atomic mass is 10.0. The monoisotopic (exact) mass is 247 g/mol. The van der Waals surface area contributed by atoms with Crippen LogP contribution in [0.15, 0.2) is 23.6 Å². The molecule has 4 heteroatoms. The smallest absolute Gasteiger partial charge is 0.357 e. The minimum atomic E-state index is -0.391. The number of rotatable bonds is 2. The fourth-order valence-corrected chi connectivity index (χ4v) is 2.45. The number of hydrogen-bond acceptors (Lipinski definition) is 4. The first-order valence-corrected chi connectivity index (χ1v) is 6.12. The van der Waals surface area contributed by atoms with E-state index in [-0.39, 0.29) is 0 Å². The predicted molar refractivity (Wildman–Crippen MR) is 68.4 cm³/mol. The van der Waals surface area contributed by atoms with Crippen LogP contribution in [0.3, 0.4) is 0 Å². The average molecular weight is 247 g/mol. The highest BCUT2D eigenvalue weighted by molar-refractivity contribution is 7.13. The highest BCUT2D eigenvalue weighted by Crippen LogP contribution is 2.28. The van der Waals surface area contributed by atoms with Gasteiger partial charge in [-0.25, -0.2) is 9.78 Å². The molecular weight excluding hydrogens is 234 g/mol. The lowest BCUT2D eigenvalue weighted by Crippen LogP contribution is -2.01. The molecule has 0 atom stereocenters. The van der Waals surface area contributed by atoms with E-state index < -0.39 is 5.97 Å². The number of hydrogen-bond donors (Lipinski definition) is 0. The van der Waals surface area contributed by atoms with Crippen LogP contribution in [0.2, 0.25) is 0 Å². The van der Waals surface area contributed by atoms with Gasteiger partial charge in [-0.2, -0.15) is 0 Å². The molecule has 0 fully saturated rings. The first kappa shape index (κ1) is 11.8. The van der Waals surface area contributed by atoms with Gasteiger partial charge in [0.05, 0.1) is 7.11 Å². The van der Waals surface area contributed by atoms with E-state index >= 15 is 0 Å². The van der Waals surface area contributed by atoms with Crippen molar-refractivity contribution >= 4 is 17.3 Å². The van der Waals surface area contributed by atoms with Crippen LogP contribution >= 0.6 is 11.3 Å². The number of methoxy groups -OCH3 is 1. The van der Waals surface area contributed by atoms with Crippen LogP contribution in [0.4, 0.5) is 0 Å². The van der Waals surface area contributed by atoms with Crippen LogP contribution in [0.1, 0.15) is 21.6 Å². The number of thiazole rings is 1. The molecule has 88 valence electrons. The second-order valence-corrected chi connectivity index (χ2v) is 4.64. The molecule has 0 spiro atoms. The summed E-state index contributed by atoms with van der Waals surface area (Å²) in [6, 6.07) is 6.08. The van der Waals surface area contributed by atoms with Crippen LogP contribution in [-0.4, -0.2) is 18.1 Å². The van der Waals surface area contributed by atoms with Crippen LogP contribution in [-0.2, 0) is 4.74 Å². The molecule has 0 unspecified atom stereocenters. The lowest BCUT2D eigenvalue weighted by molar-refractivity contribution is 0.0595. The molecule has 0 radical (unpaired) electrons. The van der Waals surface area contributed by atoms with Crippen LogP contribution in [0.5, 0.6) is 0 Å². The second kappa shape index (κ2) is 4.67. The highest BCUT2D eigenvalue weighted by Gasteiger charge is 2.13. The summed E-state index contributed by atoms with van der Waals surface area (Å²) >= 11 is 1.46. The standard InChI is InChI=1S/C13H13NO2S/c1-8-5-4-6-10(9(8)2)12-14-11(7-17-12)13(15)16-3/h4-7H,1-3H3. The third-order valence-corrected chi connectivity index (χ3v) is 3.61. The van der Waals surface area contributed by atoms with Gasteiger partial charge in [-0.15, -0.1) is 11.3 Å². The molecule has 1 heterocycles. The van der Waals surface area contributed by atoms with Gasteiger partial charge < -0.3 is 4.74 Å². The first-order valence-electron chi connectivity index (χ1n) is 5.24. The van der Waals surface area contributed by atoms with Crippen LogP contribution in [0, 0.1) is 13.8 Å². The summed E-state index contributed by atoms with van der Waals surface area (Å²) in [5, 5.41) is 2.58. The summed E-state index contributed by atoms with van der Waals surface area (Å²) in [6.07, 6.45) is 0. The number of nitrogens with zero attached hydrogens (tertiary/aromatic N) is 1. The molecule has 0 amide bonds. The summed E-state index contributed by atoms with van der Waals surface area (Å²) in [7, 11) is 1.36. The molecule has 0 aliphatic rings. The lowest BCUT2D eigenvalue weighted by Gasteiger charge is -2.04. The van der Waals surface area contributed by atoms with Crippen molar-refractivity contribution in [2.75, 3.05) is 7.11 Å². The number of esters is 1. The number of benzene rings is 1. The summed E-state index contributed by atoms with van der Waals surface area (Å²) in [4.78, 5) is 15.6. The molecule has 1 aromatic carbocycles. The number of aromatic nitrogens is 1. The van der Waals surface area contributed by atoms with Gasteiger partial charge in [0.1, 0.15) is 5.01 Å². The molecule has 17 heavy (non-hydrogen) atoms. The van der Waals surface area contributed by atoms with Crippen molar-refractivity contribution in [1.82, 2.24) is 4.98 Å². The summed E-state index contributed by atoms with van der Waals surface area (Å²) in [5.41, 5.74) is 3.86. The Morgan fingerprint density at radius 1 is 1.35 bits per heavy atom. The third kappa shape index (κ3) is 2.22. The Morgan fingerprint density at radius 3 is 2.82 bits per heavy atom. The van der Waals surface area contributed by atoms with Crippen molar-refractivity contribution < 1.29 is 9.53 Å². The number of carbonyl (C=O) groups is 1. The summed E-state index contributed by atoms with van der Waals surface area (Å²) in [5.74, 6) is -0.391. The van der Waals surface area contributed by atoms with E-state index in [1.807, 2.05) is 12.1 Å². The van der Waals surface area contributed by atoms with E-state index in [0.29, 0.717) is 5.69 Å². The molecule has 0 N–H and O–H groups in total. The first-order chi connectivity index (χ1) is 8.13. The van der Waals surface area contributed by atoms with Gasteiger partial charge in [-0.3, -0.25) is 0 Å². The molecular formula is C13H13NO2S. The molecule has 2 rings (SSSR count). The Labute approximate surface area is 104 Å². The Balaban J connectivity index is 2.44. The second-order valence-electron chi connectivity index (χ2n) is 3.78. The molecule has 3 nitrogen and oxygen atoms in total. The number of aryl methyl sites for hydroxylation is 1. The van der Waals surface area contributed by atoms with Crippen LogP contribution < -0.4 is 0 Å². The molecule has 1 aromatic heterocycles. The predicted octanol–water partition coefficient (Wildman–Crippen LogP) is 3.21. The zero-order valence-corrected chi connectivity index (χ0v) is 10.8. The molecule has 0 aliphatic heterocycles. The summed E-state index contributed by atoms with van der Waals surface area (Å²) in [6.45, 7) is 4.12. The third-order valence-electron chi connectivity index (χ3n) is 2.73. The van der Waals surface area contributed by atoms with E-state index in [1.54, 1.807) is 5.38 Å². The Hall–Kier alpha value is -1.68. The van der Waals surface area contributed by atoms with Gasteiger partial charge in [0.25, 0.3) is 0 Å². The Kier molecular flexibility index (Phi) is 3.24. The fraction of sp³-hybridized carbons (Fsp3) is 0.231. The van der Waals surface area contributed by atoms with Crippen molar-refractivity contribution in [3.8, 4) is 10.6 Å². The molecule has 0 bridgehead atoms. The largest absolute Gasteiger partial charge is 0.464 e. The zero-order chi connectivity index (χ0) is 12.4. The van der Waals surface area contributed by atoms with Gasteiger partial charge >= 0.3 is 5.97 Å². The summed E-state index contributed by atoms with van der Waals surface area (Å²) < 4.78 is 4.64. The van der Waals surface area contributed by atoms with E-state index in [4.69, 9.17) is 0 Å². The minimum Gasteiger partial charge on any atom is -0.464 e. The van der Waals surface area contributed by atoms with E-state index in [0.717, 1.165) is 10.6 Å². The zero-order valence-electron chi connectivity index (χ0n) is 9.98. The van der Waals surface area contributed by atoms with E-state index in [9.17, 15) is 4.79 Å². The van der Waals surface area contributed by atoms with Gasteiger partial charge in [-0.1, -0.05) is 18.2 Å².